The van der Waals surface area contributed by atoms with Crippen molar-refractivity contribution in [1.82, 2.24) is 5.32 Å². The lowest BCUT2D eigenvalue weighted by Gasteiger charge is -2.39. The van der Waals surface area contributed by atoms with Gasteiger partial charge in [-0.05, 0) is 18.2 Å². The normalized spacial score (nSPS) is 20.8. The average molecular weight is 319 g/mol. The molecule has 1 aliphatic rings. The van der Waals surface area contributed by atoms with Crippen LogP contribution in [0.1, 0.15) is 25.5 Å². The van der Waals surface area contributed by atoms with Crippen molar-refractivity contribution in [3.05, 3.63) is 23.8 Å². The second-order valence-electron chi connectivity index (χ2n) is 5.59. The number of rotatable bonds is 3. The molecule has 0 saturated carbocycles. The Kier molecular flexibility index (Phi) is 4.12. The van der Waals surface area contributed by atoms with E-state index in [2.05, 4.69) is 10.1 Å². The summed E-state index contributed by atoms with van der Waals surface area (Å²) >= 11 is 0. The molecule has 8 heteroatoms. The van der Waals surface area contributed by atoms with Crippen LogP contribution in [0, 0.1) is 5.41 Å². The number of carbonyl (C=O) groups is 1. The number of carbonyl (C=O) groups excluding carboxylic acids is 1. The summed E-state index contributed by atoms with van der Waals surface area (Å²) in [5.74, 6) is -0.0189. The molecule has 1 amide bonds. The number of nitrogens with one attached hydrogen (secondary N) is 1. The molecule has 0 radical (unpaired) electrons. The minimum Gasteiger partial charge on any atom is -0.496 e. The highest BCUT2D eigenvalue weighted by Crippen LogP contribution is 2.42. The number of benzene rings is 1. The van der Waals surface area contributed by atoms with Gasteiger partial charge in [0.05, 0.1) is 13.2 Å². The van der Waals surface area contributed by atoms with Gasteiger partial charge in [-0.25, -0.2) is 4.79 Å². The highest BCUT2D eigenvalue weighted by atomic mass is 19.4. The minimum absolute atomic E-state index is 0.136. The van der Waals surface area contributed by atoms with Crippen LogP contribution in [0.4, 0.5) is 18.0 Å². The van der Waals surface area contributed by atoms with Crippen molar-refractivity contribution >= 4 is 6.09 Å². The maximum Gasteiger partial charge on any atom is 0.573 e. The highest BCUT2D eigenvalue weighted by molar-refractivity contribution is 5.69. The number of halogens is 3. The molecule has 22 heavy (non-hydrogen) atoms. The molecule has 1 aromatic rings. The molecule has 1 atom stereocenters. The molecule has 1 N–H and O–H groups in total. The van der Waals surface area contributed by atoms with E-state index in [-0.39, 0.29) is 12.4 Å². The van der Waals surface area contributed by atoms with Crippen LogP contribution in [0.15, 0.2) is 18.2 Å². The fraction of sp³-hybridized carbons (Fsp3) is 0.500. The fourth-order valence-corrected chi connectivity index (χ4v) is 2.32. The van der Waals surface area contributed by atoms with E-state index in [9.17, 15) is 18.0 Å². The van der Waals surface area contributed by atoms with Gasteiger partial charge in [-0.3, -0.25) is 0 Å². The van der Waals surface area contributed by atoms with E-state index >= 15 is 0 Å². The molecule has 0 aliphatic carbocycles. The van der Waals surface area contributed by atoms with Crippen molar-refractivity contribution in [2.75, 3.05) is 13.7 Å². The first-order valence-corrected chi connectivity index (χ1v) is 6.49. The van der Waals surface area contributed by atoms with E-state index in [0.717, 1.165) is 6.07 Å². The monoisotopic (exact) mass is 319 g/mol. The van der Waals surface area contributed by atoms with Gasteiger partial charge in [-0.2, -0.15) is 0 Å². The van der Waals surface area contributed by atoms with Gasteiger partial charge in [0.1, 0.15) is 18.1 Å². The number of methoxy groups -OCH3 is 1. The molecule has 1 fully saturated rings. The van der Waals surface area contributed by atoms with Crippen molar-refractivity contribution in [3.8, 4) is 11.5 Å². The molecular weight excluding hydrogens is 303 g/mol. The van der Waals surface area contributed by atoms with E-state index in [1.165, 1.54) is 19.2 Å². The number of alkyl halides is 3. The number of alkyl carbamates (subject to hydrolysis) is 1. The maximum atomic E-state index is 12.4. The van der Waals surface area contributed by atoms with Gasteiger partial charge in [0.15, 0.2) is 0 Å². The number of hydrogen-bond acceptors (Lipinski definition) is 4. The molecule has 2 rings (SSSR count). The van der Waals surface area contributed by atoms with Crippen LogP contribution in [0.25, 0.3) is 0 Å². The van der Waals surface area contributed by atoms with Crippen LogP contribution in [0.2, 0.25) is 0 Å². The lowest BCUT2D eigenvalue weighted by atomic mass is 9.80. The van der Waals surface area contributed by atoms with Crippen molar-refractivity contribution < 1.29 is 32.2 Å². The summed E-state index contributed by atoms with van der Waals surface area (Å²) in [6.45, 7) is 3.79. The van der Waals surface area contributed by atoms with Gasteiger partial charge in [0, 0.05) is 11.0 Å². The van der Waals surface area contributed by atoms with Crippen LogP contribution in [0.5, 0.6) is 11.5 Å². The zero-order valence-corrected chi connectivity index (χ0v) is 12.3. The van der Waals surface area contributed by atoms with E-state index in [4.69, 9.17) is 9.47 Å². The van der Waals surface area contributed by atoms with Crippen molar-refractivity contribution in [2.24, 2.45) is 5.41 Å². The topological polar surface area (TPSA) is 56.8 Å². The second kappa shape index (κ2) is 5.58. The van der Waals surface area contributed by atoms with Crippen LogP contribution in [-0.4, -0.2) is 26.2 Å². The summed E-state index contributed by atoms with van der Waals surface area (Å²) in [5.41, 5.74) is -0.135. The van der Waals surface area contributed by atoms with Crippen molar-refractivity contribution in [2.45, 2.75) is 26.3 Å². The summed E-state index contributed by atoms with van der Waals surface area (Å²) in [6, 6.07) is 3.17. The summed E-state index contributed by atoms with van der Waals surface area (Å²) in [5, 5.41) is 2.61. The number of amides is 1. The van der Waals surface area contributed by atoms with Gasteiger partial charge in [0.2, 0.25) is 0 Å². The Labute approximate surface area is 125 Å². The Morgan fingerprint density at radius 1 is 1.36 bits per heavy atom. The lowest BCUT2D eigenvalue weighted by Crippen LogP contribution is -2.47. The molecule has 0 aromatic heterocycles. The summed E-state index contributed by atoms with van der Waals surface area (Å²) < 4.78 is 51.1. The zero-order chi connectivity index (χ0) is 16.5. The third-order valence-corrected chi connectivity index (χ3v) is 3.36. The van der Waals surface area contributed by atoms with Crippen molar-refractivity contribution in [1.29, 1.82) is 0 Å². The van der Waals surface area contributed by atoms with E-state index < -0.39 is 23.9 Å². The van der Waals surface area contributed by atoms with Crippen LogP contribution >= 0.6 is 0 Å². The Bertz CT molecular complexity index is 572. The van der Waals surface area contributed by atoms with Crippen molar-refractivity contribution in [3.63, 3.8) is 0 Å². The molecule has 0 bridgehead atoms. The molecule has 1 aliphatic heterocycles. The highest BCUT2D eigenvalue weighted by Gasteiger charge is 2.40. The third-order valence-electron chi connectivity index (χ3n) is 3.36. The standard InChI is InChI=1S/C14H16F3NO4/c1-13(2)7-21-12(19)18-11(13)9-6-8(22-14(15,16)17)4-5-10(9)20-3/h4-6,11H,7H2,1-3H3,(H,18,19)/t11-/m0/s1. The van der Waals surface area contributed by atoms with E-state index in [1.807, 2.05) is 13.8 Å². The third kappa shape index (κ3) is 3.55. The van der Waals surface area contributed by atoms with Gasteiger partial charge in [0.25, 0.3) is 0 Å². The zero-order valence-electron chi connectivity index (χ0n) is 12.3. The predicted octanol–water partition coefficient (Wildman–Crippen LogP) is 3.40. The first kappa shape index (κ1) is 16.3. The molecular formula is C14H16F3NO4. The number of ether oxygens (including phenoxy) is 3. The minimum atomic E-state index is -4.79. The van der Waals surface area contributed by atoms with Gasteiger partial charge in [-0.1, -0.05) is 13.8 Å². The fourth-order valence-electron chi connectivity index (χ4n) is 2.32. The van der Waals surface area contributed by atoms with E-state index in [1.54, 1.807) is 0 Å². The molecule has 1 aromatic carbocycles. The van der Waals surface area contributed by atoms with Crippen LogP contribution in [0.3, 0.4) is 0 Å². The molecule has 0 spiro atoms. The molecule has 1 saturated heterocycles. The summed E-state index contributed by atoms with van der Waals surface area (Å²) in [6.07, 6.45) is -5.42. The number of cyclic esters (lactones) is 1. The first-order chi connectivity index (χ1) is 10.1. The maximum absolute atomic E-state index is 12.4. The van der Waals surface area contributed by atoms with Crippen LogP contribution in [-0.2, 0) is 4.74 Å². The molecule has 1 heterocycles. The van der Waals surface area contributed by atoms with E-state index in [0.29, 0.717) is 11.3 Å². The summed E-state index contributed by atoms with van der Waals surface area (Å²) in [4.78, 5) is 11.5. The predicted molar refractivity (Wildman–Crippen MR) is 70.7 cm³/mol. The quantitative estimate of drug-likeness (QED) is 0.928. The SMILES string of the molecule is COc1ccc(OC(F)(F)F)cc1[C@@H]1NC(=O)OCC1(C)C. The average Bonchev–Trinajstić information content (AvgIpc) is 2.40. The Hall–Kier alpha value is -2.12. The van der Waals surface area contributed by atoms with Gasteiger partial charge < -0.3 is 19.5 Å². The number of hydrogen-bond donors (Lipinski definition) is 1. The Morgan fingerprint density at radius 3 is 2.64 bits per heavy atom. The Balaban J connectivity index is 2.42. The van der Waals surface area contributed by atoms with Gasteiger partial charge >= 0.3 is 12.5 Å². The molecule has 0 unspecified atom stereocenters. The first-order valence-electron chi connectivity index (χ1n) is 6.49. The van der Waals surface area contributed by atoms with Gasteiger partial charge in [-0.15, -0.1) is 13.2 Å². The lowest BCUT2D eigenvalue weighted by molar-refractivity contribution is -0.274. The smallest absolute Gasteiger partial charge is 0.496 e. The largest absolute Gasteiger partial charge is 0.573 e. The molecule has 122 valence electrons. The second-order valence-corrected chi connectivity index (χ2v) is 5.59. The van der Waals surface area contributed by atoms with Crippen LogP contribution < -0.4 is 14.8 Å². The summed E-state index contributed by atoms with van der Waals surface area (Å²) in [7, 11) is 1.40. The Morgan fingerprint density at radius 2 is 2.05 bits per heavy atom. The molecule has 5 nitrogen and oxygen atoms in total.